The van der Waals surface area contributed by atoms with E-state index in [2.05, 4.69) is 66.0 Å². The molecule has 0 saturated carbocycles. The molecule has 1 aliphatic heterocycles. The monoisotopic (exact) mass is 259 g/mol. The van der Waals surface area contributed by atoms with Crippen molar-refractivity contribution in [2.24, 2.45) is 0 Å². The van der Waals surface area contributed by atoms with Gasteiger partial charge in [0.2, 0.25) is 0 Å². The molecule has 1 aliphatic rings. The van der Waals surface area contributed by atoms with E-state index in [0.29, 0.717) is 12.0 Å². The van der Waals surface area contributed by atoms with Crippen molar-refractivity contribution in [1.29, 1.82) is 0 Å². The molecule has 0 bridgehead atoms. The first-order valence-corrected chi connectivity index (χ1v) is 6.37. The smallest absolute Gasteiger partial charge is 0.112 e. The van der Waals surface area contributed by atoms with Gasteiger partial charge in [0.1, 0.15) is 6.04 Å². The standard InChI is InChI=1S/C16H17N.ClH/c1-3-7-13(8-4-1)15-11-16(17-12-15)14-9-5-2-6-10-14;/h1-10,15-17H,11-12H2;1H. The van der Waals surface area contributed by atoms with Crippen LogP contribution >= 0.6 is 0 Å². The fraction of sp³-hybridized carbons (Fsp3) is 0.250. The first-order valence-electron chi connectivity index (χ1n) is 6.37. The van der Waals surface area contributed by atoms with Crippen LogP contribution in [-0.4, -0.2) is 6.54 Å². The molecule has 3 rings (SSSR count). The van der Waals surface area contributed by atoms with E-state index in [9.17, 15) is 0 Å². The Kier molecular flexibility index (Phi) is 4.40. The predicted molar refractivity (Wildman–Crippen MR) is 69.8 cm³/mol. The molecule has 0 amide bonds. The largest absolute Gasteiger partial charge is 1.00 e. The Bertz CT molecular complexity index is 423. The lowest BCUT2D eigenvalue weighted by Crippen LogP contribution is -3.00. The number of quaternary nitrogens is 1. The minimum Gasteiger partial charge on any atom is -1.00 e. The van der Waals surface area contributed by atoms with Crippen molar-refractivity contribution >= 4 is 0 Å². The van der Waals surface area contributed by atoms with E-state index < -0.39 is 0 Å². The maximum absolute atomic E-state index is 2.48. The lowest BCUT2D eigenvalue weighted by Gasteiger charge is -2.07. The molecule has 2 aromatic rings. The summed E-state index contributed by atoms with van der Waals surface area (Å²) in [5.41, 5.74) is 2.95. The second kappa shape index (κ2) is 6.03. The summed E-state index contributed by atoms with van der Waals surface area (Å²) in [5, 5.41) is 2.48. The second-order valence-corrected chi connectivity index (χ2v) is 4.83. The number of rotatable bonds is 2. The molecule has 2 unspecified atom stereocenters. The van der Waals surface area contributed by atoms with Gasteiger partial charge in [-0.05, 0) is 5.56 Å². The van der Waals surface area contributed by atoms with Crippen LogP contribution in [0.2, 0.25) is 0 Å². The summed E-state index contributed by atoms with van der Waals surface area (Å²) in [7, 11) is 0. The van der Waals surface area contributed by atoms with E-state index in [1.165, 1.54) is 24.1 Å². The number of halogens is 1. The summed E-state index contributed by atoms with van der Waals surface area (Å²) in [6.45, 7) is 1.21. The Balaban J connectivity index is 0.00000120. The molecule has 1 fully saturated rings. The molecule has 1 heterocycles. The molecular formula is C16H18ClN. The van der Waals surface area contributed by atoms with Crippen LogP contribution in [0.3, 0.4) is 0 Å². The molecule has 1 saturated heterocycles. The highest BCUT2D eigenvalue weighted by Gasteiger charge is 2.29. The van der Waals surface area contributed by atoms with Crippen LogP contribution < -0.4 is 17.7 Å². The van der Waals surface area contributed by atoms with Gasteiger partial charge in [0.15, 0.2) is 0 Å². The molecule has 2 atom stereocenters. The van der Waals surface area contributed by atoms with Gasteiger partial charge in [-0.25, -0.2) is 0 Å². The maximum Gasteiger partial charge on any atom is 0.112 e. The van der Waals surface area contributed by atoms with E-state index in [1.54, 1.807) is 0 Å². The van der Waals surface area contributed by atoms with Gasteiger partial charge in [0, 0.05) is 17.9 Å². The number of nitrogens with two attached hydrogens (primary N) is 1. The molecule has 18 heavy (non-hydrogen) atoms. The highest BCUT2D eigenvalue weighted by atomic mass is 35.5. The molecule has 0 spiro atoms. The summed E-state index contributed by atoms with van der Waals surface area (Å²) < 4.78 is 0. The quantitative estimate of drug-likeness (QED) is 0.748. The van der Waals surface area contributed by atoms with Crippen LogP contribution in [0, 0.1) is 0 Å². The van der Waals surface area contributed by atoms with Gasteiger partial charge in [0.05, 0.1) is 6.54 Å². The van der Waals surface area contributed by atoms with E-state index in [4.69, 9.17) is 0 Å². The predicted octanol–water partition coefficient (Wildman–Crippen LogP) is -0.517. The van der Waals surface area contributed by atoms with Gasteiger partial charge in [-0.3, -0.25) is 0 Å². The van der Waals surface area contributed by atoms with Crippen molar-refractivity contribution in [3.8, 4) is 0 Å². The van der Waals surface area contributed by atoms with Gasteiger partial charge < -0.3 is 17.7 Å². The zero-order valence-corrected chi connectivity index (χ0v) is 11.1. The van der Waals surface area contributed by atoms with Crippen molar-refractivity contribution in [3.05, 3.63) is 71.8 Å². The first-order chi connectivity index (χ1) is 8.43. The Labute approximate surface area is 115 Å². The average molecular weight is 260 g/mol. The zero-order valence-electron chi connectivity index (χ0n) is 10.3. The summed E-state index contributed by atoms with van der Waals surface area (Å²) >= 11 is 0. The van der Waals surface area contributed by atoms with Crippen molar-refractivity contribution in [1.82, 2.24) is 0 Å². The van der Waals surface area contributed by atoms with Gasteiger partial charge in [-0.1, -0.05) is 60.7 Å². The normalized spacial score (nSPS) is 22.4. The van der Waals surface area contributed by atoms with Crippen molar-refractivity contribution in [2.75, 3.05) is 6.54 Å². The van der Waals surface area contributed by atoms with Crippen molar-refractivity contribution in [2.45, 2.75) is 18.4 Å². The third kappa shape index (κ3) is 2.74. The molecule has 1 nitrogen and oxygen atoms in total. The highest BCUT2D eigenvalue weighted by Crippen LogP contribution is 2.28. The fourth-order valence-electron chi connectivity index (χ4n) is 2.80. The van der Waals surface area contributed by atoms with Crippen molar-refractivity contribution in [3.63, 3.8) is 0 Å². The highest BCUT2D eigenvalue weighted by molar-refractivity contribution is 5.23. The molecule has 0 aliphatic carbocycles. The maximum atomic E-state index is 2.48. The van der Waals surface area contributed by atoms with Crippen LogP contribution in [0.25, 0.3) is 0 Å². The van der Waals surface area contributed by atoms with Gasteiger partial charge in [-0.2, -0.15) is 0 Å². The minimum atomic E-state index is 0. The number of benzene rings is 2. The van der Waals surface area contributed by atoms with Gasteiger partial charge in [-0.15, -0.1) is 0 Å². The third-order valence-electron chi connectivity index (χ3n) is 3.74. The summed E-state index contributed by atoms with van der Waals surface area (Å²) in [6.07, 6.45) is 1.26. The van der Waals surface area contributed by atoms with Crippen molar-refractivity contribution < 1.29 is 17.7 Å². The molecule has 0 radical (unpaired) electrons. The number of hydrogen-bond donors (Lipinski definition) is 1. The molecule has 2 heteroatoms. The van der Waals surface area contributed by atoms with Gasteiger partial charge >= 0.3 is 0 Å². The van der Waals surface area contributed by atoms with E-state index in [-0.39, 0.29) is 12.4 Å². The third-order valence-corrected chi connectivity index (χ3v) is 3.74. The van der Waals surface area contributed by atoms with Crippen LogP contribution in [0.5, 0.6) is 0 Å². The van der Waals surface area contributed by atoms with E-state index >= 15 is 0 Å². The van der Waals surface area contributed by atoms with Gasteiger partial charge in [0.25, 0.3) is 0 Å². The average Bonchev–Trinajstić information content (AvgIpc) is 2.90. The van der Waals surface area contributed by atoms with Crippen LogP contribution in [0.1, 0.15) is 29.5 Å². The number of hydrogen-bond acceptors (Lipinski definition) is 0. The first kappa shape index (κ1) is 13.1. The summed E-state index contributed by atoms with van der Waals surface area (Å²) in [4.78, 5) is 0. The Hall–Kier alpha value is -1.31. The lowest BCUT2D eigenvalue weighted by molar-refractivity contribution is -0.677. The van der Waals surface area contributed by atoms with E-state index in [0.717, 1.165) is 0 Å². The molecule has 0 aromatic heterocycles. The molecule has 94 valence electrons. The van der Waals surface area contributed by atoms with Crippen LogP contribution in [0.4, 0.5) is 0 Å². The summed E-state index contributed by atoms with van der Waals surface area (Å²) in [6, 6.07) is 22.4. The molecular weight excluding hydrogens is 242 g/mol. The Morgan fingerprint density at radius 1 is 0.778 bits per heavy atom. The lowest BCUT2D eigenvalue weighted by atomic mass is 9.94. The van der Waals surface area contributed by atoms with E-state index in [1.807, 2.05) is 0 Å². The van der Waals surface area contributed by atoms with Crippen LogP contribution in [0.15, 0.2) is 60.7 Å². The zero-order chi connectivity index (χ0) is 11.5. The minimum absolute atomic E-state index is 0. The fourth-order valence-corrected chi connectivity index (χ4v) is 2.80. The SMILES string of the molecule is [Cl-].c1ccc(C2C[NH2+]C(c3ccccc3)C2)cc1. The summed E-state index contributed by atoms with van der Waals surface area (Å²) in [5.74, 6) is 0.710. The molecule has 2 N–H and O–H groups in total. The second-order valence-electron chi connectivity index (χ2n) is 4.83. The Morgan fingerprint density at radius 2 is 1.33 bits per heavy atom. The Morgan fingerprint density at radius 3 is 1.94 bits per heavy atom. The topological polar surface area (TPSA) is 16.6 Å². The van der Waals surface area contributed by atoms with Crippen LogP contribution in [-0.2, 0) is 0 Å². The molecule has 2 aromatic carbocycles.